The van der Waals surface area contributed by atoms with Gasteiger partial charge >= 0.3 is 5.97 Å². The van der Waals surface area contributed by atoms with Crippen molar-refractivity contribution in [2.75, 3.05) is 20.3 Å². The van der Waals surface area contributed by atoms with Crippen LogP contribution in [0.3, 0.4) is 0 Å². The molecule has 112 valence electrons. The van der Waals surface area contributed by atoms with Crippen LogP contribution in [0, 0.1) is 19.8 Å². The average molecular weight is 279 g/mol. The summed E-state index contributed by atoms with van der Waals surface area (Å²) in [7, 11) is 1.41. The van der Waals surface area contributed by atoms with Crippen LogP contribution in [0.4, 0.5) is 0 Å². The first-order valence-corrected chi connectivity index (χ1v) is 6.97. The van der Waals surface area contributed by atoms with Gasteiger partial charge in [-0.05, 0) is 37.0 Å². The third kappa shape index (κ3) is 4.85. The smallest absolute Gasteiger partial charge is 0.323 e. The van der Waals surface area contributed by atoms with Gasteiger partial charge in [-0.1, -0.05) is 26.0 Å². The second-order valence-electron chi connectivity index (χ2n) is 5.32. The largest absolute Gasteiger partial charge is 0.492 e. The Balaban J connectivity index is 2.44. The molecule has 1 atom stereocenters. The third-order valence-electron chi connectivity index (χ3n) is 3.19. The number of ether oxygens (including phenoxy) is 2. The lowest BCUT2D eigenvalue weighted by Crippen LogP contribution is -2.43. The molecule has 0 heterocycles. The van der Waals surface area contributed by atoms with Gasteiger partial charge in [0.05, 0.1) is 7.11 Å². The van der Waals surface area contributed by atoms with E-state index in [1.165, 1.54) is 12.7 Å². The molecule has 0 fully saturated rings. The summed E-state index contributed by atoms with van der Waals surface area (Å²) in [6.07, 6.45) is 0. The molecule has 1 rings (SSSR count). The van der Waals surface area contributed by atoms with Crippen molar-refractivity contribution in [1.29, 1.82) is 0 Å². The van der Waals surface area contributed by atoms with Crippen LogP contribution >= 0.6 is 0 Å². The Morgan fingerprint density at radius 2 is 2.00 bits per heavy atom. The van der Waals surface area contributed by atoms with Crippen LogP contribution in [0.1, 0.15) is 25.0 Å². The molecule has 0 saturated carbocycles. The van der Waals surface area contributed by atoms with E-state index in [1.54, 1.807) is 0 Å². The van der Waals surface area contributed by atoms with Crippen LogP contribution in [0.25, 0.3) is 0 Å². The Labute approximate surface area is 121 Å². The lowest BCUT2D eigenvalue weighted by molar-refractivity contribution is -0.144. The molecular weight excluding hydrogens is 254 g/mol. The standard InChI is InChI=1S/C16H25NO3/c1-11(2)15(16(18)19-5)17-8-9-20-14-10-12(3)6-7-13(14)4/h6-7,10-11,15,17H,8-9H2,1-5H3. The van der Waals surface area contributed by atoms with Crippen molar-refractivity contribution in [2.45, 2.75) is 33.7 Å². The molecular formula is C16H25NO3. The second-order valence-corrected chi connectivity index (χ2v) is 5.32. The normalized spacial score (nSPS) is 12.3. The highest BCUT2D eigenvalue weighted by Crippen LogP contribution is 2.18. The molecule has 0 bridgehead atoms. The van der Waals surface area contributed by atoms with Gasteiger partial charge in [0.2, 0.25) is 0 Å². The number of hydrogen-bond donors (Lipinski definition) is 1. The van der Waals surface area contributed by atoms with Crippen molar-refractivity contribution in [1.82, 2.24) is 5.32 Å². The monoisotopic (exact) mass is 279 g/mol. The van der Waals surface area contributed by atoms with Crippen molar-refractivity contribution in [2.24, 2.45) is 5.92 Å². The lowest BCUT2D eigenvalue weighted by Gasteiger charge is -2.20. The van der Waals surface area contributed by atoms with Gasteiger partial charge in [0, 0.05) is 6.54 Å². The summed E-state index contributed by atoms with van der Waals surface area (Å²) in [4.78, 5) is 11.6. The van der Waals surface area contributed by atoms with Crippen LogP contribution < -0.4 is 10.1 Å². The number of carbonyl (C=O) groups is 1. The minimum atomic E-state index is -0.290. The van der Waals surface area contributed by atoms with Crippen molar-refractivity contribution in [3.63, 3.8) is 0 Å². The fourth-order valence-electron chi connectivity index (χ4n) is 1.96. The lowest BCUT2D eigenvalue weighted by atomic mass is 10.1. The van der Waals surface area contributed by atoms with Gasteiger partial charge in [-0.2, -0.15) is 0 Å². The van der Waals surface area contributed by atoms with Gasteiger partial charge in [-0.3, -0.25) is 4.79 Å². The Hall–Kier alpha value is -1.55. The molecule has 0 aliphatic rings. The van der Waals surface area contributed by atoms with Gasteiger partial charge in [-0.25, -0.2) is 0 Å². The van der Waals surface area contributed by atoms with E-state index in [2.05, 4.69) is 11.4 Å². The topological polar surface area (TPSA) is 47.6 Å². The van der Waals surface area contributed by atoms with Crippen LogP contribution in [-0.2, 0) is 9.53 Å². The van der Waals surface area contributed by atoms with E-state index < -0.39 is 0 Å². The Kier molecular flexibility index (Phi) is 6.52. The second kappa shape index (κ2) is 7.90. The first kappa shape index (κ1) is 16.5. The number of benzene rings is 1. The van der Waals surface area contributed by atoms with E-state index in [1.807, 2.05) is 39.8 Å². The van der Waals surface area contributed by atoms with Crippen LogP contribution in [0.15, 0.2) is 18.2 Å². The number of esters is 1. The minimum Gasteiger partial charge on any atom is -0.492 e. The highest BCUT2D eigenvalue weighted by Gasteiger charge is 2.21. The van der Waals surface area contributed by atoms with Crippen molar-refractivity contribution < 1.29 is 14.3 Å². The van der Waals surface area contributed by atoms with Gasteiger partial charge in [-0.15, -0.1) is 0 Å². The molecule has 1 aromatic rings. The maximum absolute atomic E-state index is 11.6. The SMILES string of the molecule is COC(=O)C(NCCOc1cc(C)ccc1C)C(C)C. The summed E-state index contributed by atoms with van der Waals surface area (Å²) in [5.41, 5.74) is 2.29. The summed E-state index contributed by atoms with van der Waals surface area (Å²) in [5.74, 6) is 0.848. The van der Waals surface area contributed by atoms with Gasteiger partial charge in [0.15, 0.2) is 0 Å². The molecule has 1 aromatic carbocycles. The molecule has 20 heavy (non-hydrogen) atoms. The van der Waals surface area contributed by atoms with Gasteiger partial charge in [0.25, 0.3) is 0 Å². The van der Waals surface area contributed by atoms with Crippen LogP contribution in [0.5, 0.6) is 5.75 Å². The molecule has 0 radical (unpaired) electrons. The minimum absolute atomic E-state index is 0.183. The fraction of sp³-hybridized carbons (Fsp3) is 0.562. The molecule has 0 aliphatic heterocycles. The summed E-state index contributed by atoms with van der Waals surface area (Å²) < 4.78 is 10.5. The maximum atomic E-state index is 11.6. The molecule has 4 nitrogen and oxygen atoms in total. The van der Waals surface area contributed by atoms with Crippen molar-refractivity contribution in [3.8, 4) is 5.75 Å². The number of rotatable bonds is 7. The summed E-state index contributed by atoms with van der Waals surface area (Å²) >= 11 is 0. The molecule has 0 amide bonds. The number of methoxy groups -OCH3 is 1. The van der Waals surface area contributed by atoms with E-state index in [4.69, 9.17) is 9.47 Å². The van der Waals surface area contributed by atoms with E-state index in [-0.39, 0.29) is 17.9 Å². The van der Waals surface area contributed by atoms with E-state index in [0.29, 0.717) is 13.2 Å². The van der Waals surface area contributed by atoms with Gasteiger partial charge in [0.1, 0.15) is 18.4 Å². The number of carbonyl (C=O) groups excluding carboxylic acids is 1. The molecule has 4 heteroatoms. The van der Waals surface area contributed by atoms with Crippen LogP contribution in [-0.4, -0.2) is 32.3 Å². The molecule has 0 aromatic heterocycles. The molecule has 0 aliphatic carbocycles. The Morgan fingerprint density at radius 3 is 2.60 bits per heavy atom. The Morgan fingerprint density at radius 1 is 1.30 bits per heavy atom. The fourth-order valence-corrected chi connectivity index (χ4v) is 1.96. The number of aryl methyl sites for hydroxylation is 2. The van der Waals surface area contributed by atoms with Crippen LogP contribution in [0.2, 0.25) is 0 Å². The van der Waals surface area contributed by atoms with E-state index in [9.17, 15) is 4.79 Å². The summed E-state index contributed by atoms with van der Waals surface area (Å²) in [6, 6.07) is 5.84. The third-order valence-corrected chi connectivity index (χ3v) is 3.19. The predicted octanol–water partition coefficient (Wildman–Crippen LogP) is 2.47. The van der Waals surface area contributed by atoms with Crippen molar-refractivity contribution >= 4 is 5.97 Å². The molecule has 0 spiro atoms. The first-order valence-electron chi connectivity index (χ1n) is 6.97. The molecule has 0 saturated heterocycles. The van der Waals surface area contributed by atoms with Crippen molar-refractivity contribution in [3.05, 3.63) is 29.3 Å². The highest BCUT2D eigenvalue weighted by molar-refractivity contribution is 5.75. The number of hydrogen-bond acceptors (Lipinski definition) is 4. The zero-order valence-corrected chi connectivity index (χ0v) is 13.0. The summed E-state index contributed by atoms with van der Waals surface area (Å²) in [5, 5.41) is 3.17. The molecule has 1 N–H and O–H groups in total. The zero-order chi connectivity index (χ0) is 15.1. The average Bonchev–Trinajstić information content (AvgIpc) is 2.41. The van der Waals surface area contributed by atoms with E-state index >= 15 is 0 Å². The predicted molar refractivity (Wildman–Crippen MR) is 80.1 cm³/mol. The first-order chi connectivity index (χ1) is 9.45. The summed E-state index contributed by atoms with van der Waals surface area (Å²) in [6.45, 7) is 9.15. The maximum Gasteiger partial charge on any atom is 0.323 e. The van der Waals surface area contributed by atoms with Gasteiger partial charge < -0.3 is 14.8 Å². The number of nitrogens with one attached hydrogen (secondary N) is 1. The molecule has 1 unspecified atom stereocenters. The van der Waals surface area contributed by atoms with E-state index in [0.717, 1.165) is 11.3 Å². The highest BCUT2D eigenvalue weighted by atomic mass is 16.5. The quantitative estimate of drug-likeness (QED) is 0.615. The Bertz CT molecular complexity index is 443. The zero-order valence-electron chi connectivity index (χ0n) is 13.0.